The van der Waals surface area contributed by atoms with Crippen LogP contribution in [0.1, 0.15) is 0 Å². The van der Waals surface area contributed by atoms with Gasteiger partial charge in [0.2, 0.25) is 5.91 Å². The minimum atomic E-state index is -0.274. The smallest absolute Gasteiger partial charge is 0.243 e. The summed E-state index contributed by atoms with van der Waals surface area (Å²) in [5, 5.41) is 7.34. The molecule has 0 fully saturated rings. The molecule has 2 aromatic rings. The fourth-order valence-electron chi connectivity index (χ4n) is 1.67. The molecule has 7 heteroatoms. The predicted octanol–water partition coefficient (Wildman–Crippen LogP) is 5.35. The number of anilines is 2. The van der Waals surface area contributed by atoms with Crippen molar-refractivity contribution in [1.82, 2.24) is 0 Å². The van der Waals surface area contributed by atoms with Crippen LogP contribution in [-0.2, 0) is 4.79 Å². The Morgan fingerprint density at radius 2 is 1.52 bits per heavy atom. The van der Waals surface area contributed by atoms with Crippen molar-refractivity contribution in [3.63, 3.8) is 0 Å². The lowest BCUT2D eigenvalue weighted by Gasteiger charge is -2.11. The number of hydrogen-bond donors (Lipinski definition) is 2. The molecule has 2 N–H and O–H groups in total. The molecule has 0 aliphatic heterocycles. The fourth-order valence-corrected chi connectivity index (χ4v) is 2.72. The molecule has 0 saturated carbocycles. The number of benzene rings is 2. The van der Waals surface area contributed by atoms with Gasteiger partial charge < -0.3 is 10.6 Å². The van der Waals surface area contributed by atoms with E-state index in [1.165, 1.54) is 0 Å². The SMILES string of the molecule is O=C(CNc1c(Cl)cccc1Cl)Nc1cc(Cl)cc(Cl)c1. The van der Waals surface area contributed by atoms with Gasteiger partial charge in [0.25, 0.3) is 0 Å². The first-order chi connectivity index (χ1) is 9.95. The lowest BCUT2D eigenvalue weighted by molar-refractivity contribution is -0.114. The van der Waals surface area contributed by atoms with Crippen molar-refractivity contribution < 1.29 is 4.79 Å². The van der Waals surface area contributed by atoms with Crippen molar-refractivity contribution >= 4 is 63.7 Å². The third kappa shape index (κ3) is 4.68. The molecule has 1 amide bonds. The van der Waals surface area contributed by atoms with Gasteiger partial charge in [-0.3, -0.25) is 4.79 Å². The molecule has 21 heavy (non-hydrogen) atoms. The first kappa shape index (κ1) is 16.2. The number of halogens is 4. The van der Waals surface area contributed by atoms with Crippen LogP contribution < -0.4 is 10.6 Å². The molecule has 0 saturated heterocycles. The number of carbonyl (C=O) groups excluding carboxylic acids is 1. The lowest BCUT2D eigenvalue weighted by Crippen LogP contribution is -2.22. The second-order valence-electron chi connectivity index (χ2n) is 4.16. The Labute approximate surface area is 142 Å². The van der Waals surface area contributed by atoms with Gasteiger partial charge >= 0.3 is 0 Å². The average Bonchev–Trinajstić information content (AvgIpc) is 2.36. The molecule has 0 aliphatic carbocycles. The van der Waals surface area contributed by atoms with Crippen LogP contribution in [0, 0.1) is 0 Å². The highest BCUT2D eigenvalue weighted by molar-refractivity contribution is 6.39. The van der Waals surface area contributed by atoms with Gasteiger partial charge in [-0.25, -0.2) is 0 Å². The van der Waals surface area contributed by atoms with Gasteiger partial charge in [-0.1, -0.05) is 52.5 Å². The number of nitrogens with one attached hydrogen (secondary N) is 2. The zero-order valence-corrected chi connectivity index (χ0v) is 13.6. The summed E-state index contributed by atoms with van der Waals surface area (Å²) >= 11 is 23.7. The van der Waals surface area contributed by atoms with Gasteiger partial charge in [-0.05, 0) is 30.3 Å². The summed E-state index contributed by atoms with van der Waals surface area (Å²) in [5.74, 6) is -0.274. The van der Waals surface area contributed by atoms with Crippen molar-refractivity contribution in [2.75, 3.05) is 17.2 Å². The highest BCUT2D eigenvalue weighted by atomic mass is 35.5. The Morgan fingerprint density at radius 1 is 0.952 bits per heavy atom. The van der Waals surface area contributed by atoms with Crippen LogP contribution >= 0.6 is 46.4 Å². The van der Waals surface area contributed by atoms with E-state index in [0.29, 0.717) is 31.5 Å². The molecule has 0 heterocycles. The zero-order valence-electron chi connectivity index (χ0n) is 10.6. The maximum Gasteiger partial charge on any atom is 0.243 e. The van der Waals surface area contributed by atoms with Gasteiger partial charge in [0.15, 0.2) is 0 Å². The molecule has 0 spiro atoms. The number of para-hydroxylation sites is 1. The van der Waals surface area contributed by atoms with Gasteiger partial charge in [0.05, 0.1) is 22.3 Å². The summed E-state index contributed by atoms with van der Waals surface area (Å²) in [6.07, 6.45) is 0. The second-order valence-corrected chi connectivity index (χ2v) is 5.84. The Morgan fingerprint density at radius 3 is 2.10 bits per heavy atom. The molecule has 0 aliphatic rings. The molecule has 2 rings (SSSR count). The molecular weight excluding hydrogens is 354 g/mol. The summed E-state index contributed by atoms with van der Waals surface area (Å²) in [4.78, 5) is 11.9. The van der Waals surface area contributed by atoms with Crippen molar-refractivity contribution in [3.8, 4) is 0 Å². The average molecular weight is 364 g/mol. The molecule has 0 radical (unpaired) electrons. The summed E-state index contributed by atoms with van der Waals surface area (Å²) in [7, 11) is 0. The molecular formula is C14H10Cl4N2O. The maximum absolute atomic E-state index is 11.9. The van der Waals surface area contributed by atoms with E-state index in [-0.39, 0.29) is 12.5 Å². The molecule has 0 aromatic heterocycles. The van der Waals surface area contributed by atoms with E-state index in [2.05, 4.69) is 10.6 Å². The maximum atomic E-state index is 11.9. The largest absolute Gasteiger partial charge is 0.374 e. The van der Waals surface area contributed by atoms with Crippen LogP contribution in [0.3, 0.4) is 0 Å². The van der Waals surface area contributed by atoms with E-state index in [1.807, 2.05) is 0 Å². The topological polar surface area (TPSA) is 41.1 Å². The van der Waals surface area contributed by atoms with Crippen molar-refractivity contribution in [3.05, 3.63) is 56.5 Å². The number of rotatable bonds is 4. The third-order valence-electron chi connectivity index (χ3n) is 2.53. The van der Waals surface area contributed by atoms with E-state index in [1.54, 1.807) is 36.4 Å². The van der Waals surface area contributed by atoms with E-state index in [9.17, 15) is 4.79 Å². The number of hydrogen-bond acceptors (Lipinski definition) is 2. The zero-order chi connectivity index (χ0) is 15.4. The van der Waals surface area contributed by atoms with Crippen LogP contribution in [0.15, 0.2) is 36.4 Å². The molecule has 0 bridgehead atoms. The van der Waals surface area contributed by atoms with Crippen molar-refractivity contribution in [2.45, 2.75) is 0 Å². The molecule has 3 nitrogen and oxygen atoms in total. The van der Waals surface area contributed by atoms with Gasteiger partial charge in [0.1, 0.15) is 0 Å². The highest BCUT2D eigenvalue weighted by Gasteiger charge is 2.08. The quantitative estimate of drug-likeness (QED) is 0.768. The predicted molar refractivity (Wildman–Crippen MR) is 90.0 cm³/mol. The van der Waals surface area contributed by atoms with Gasteiger partial charge in [0, 0.05) is 15.7 Å². The van der Waals surface area contributed by atoms with Crippen LogP contribution in [-0.4, -0.2) is 12.5 Å². The van der Waals surface area contributed by atoms with E-state index >= 15 is 0 Å². The third-order valence-corrected chi connectivity index (χ3v) is 3.60. The first-order valence-corrected chi connectivity index (χ1v) is 7.41. The van der Waals surface area contributed by atoms with Crippen LogP contribution in [0.25, 0.3) is 0 Å². The highest BCUT2D eigenvalue weighted by Crippen LogP contribution is 2.29. The van der Waals surface area contributed by atoms with E-state index < -0.39 is 0 Å². The normalized spacial score (nSPS) is 10.3. The first-order valence-electron chi connectivity index (χ1n) is 5.89. The molecule has 110 valence electrons. The number of amides is 1. The summed E-state index contributed by atoms with van der Waals surface area (Å²) in [5.41, 5.74) is 1.03. The van der Waals surface area contributed by atoms with Crippen molar-refractivity contribution in [2.24, 2.45) is 0 Å². The Kier molecular flexibility index (Phi) is 5.59. The number of carbonyl (C=O) groups is 1. The monoisotopic (exact) mass is 362 g/mol. The standard InChI is InChI=1S/C14H10Cl4N2O/c15-8-4-9(16)6-10(5-8)20-13(21)7-19-14-11(17)2-1-3-12(14)18/h1-6,19H,7H2,(H,20,21). The van der Waals surface area contributed by atoms with Crippen LogP contribution in [0.4, 0.5) is 11.4 Å². The molecule has 0 unspecified atom stereocenters. The van der Waals surface area contributed by atoms with Crippen molar-refractivity contribution in [1.29, 1.82) is 0 Å². The fraction of sp³-hybridized carbons (Fsp3) is 0.0714. The van der Waals surface area contributed by atoms with Gasteiger partial charge in [-0.2, -0.15) is 0 Å². The Bertz CT molecular complexity index is 636. The van der Waals surface area contributed by atoms with E-state index in [4.69, 9.17) is 46.4 Å². The summed E-state index contributed by atoms with van der Waals surface area (Å²) < 4.78 is 0. The second kappa shape index (κ2) is 7.23. The van der Waals surface area contributed by atoms with Gasteiger partial charge in [-0.15, -0.1) is 0 Å². The Balaban J connectivity index is 1.99. The minimum Gasteiger partial charge on any atom is -0.374 e. The lowest BCUT2D eigenvalue weighted by atomic mass is 10.3. The van der Waals surface area contributed by atoms with E-state index in [0.717, 1.165) is 0 Å². The minimum absolute atomic E-state index is 0.00753. The Hall–Kier alpha value is -1.13. The molecule has 2 aromatic carbocycles. The van der Waals surface area contributed by atoms with Crippen LogP contribution in [0.2, 0.25) is 20.1 Å². The summed E-state index contributed by atoms with van der Waals surface area (Å²) in [6.45, 7) is 0.00753. The van der Waals surface area contributed by atoms with Crippen LogP contribution in [0.5, 0.6) is 0 Å². The molecule has 0 atom stereocenters. The summed E-state index contributed by atoms with van der Waals surface area (Å²) in [6, 6.07) is 9.89.